The molecule has 0 fully saturated rings. The molecule has 1 amide bonds. The van der Waals surface area contributed by atoms with E-state index in [0.29, 0.717) is 0 Å². The molecule has 0 saturated carbocycles. The average molecular weight is 235 g/mol. The van der Waals surface area contributed by atoms with E-state index in [1.807, 2.05) is 0 Å². The SMILES string of the molecule is CC(C)(C(CN=O)SCC(N)=O)[N+](=O)[O-]. The van der Waals surface area contributed by atoms with Gasteiger partial charge in [-0.05, 0) is 0 Å². The van der Waals surface area contributed by atoms with Crippen molar-refractivity contribution in [2.75, 3.05) is 12.3 Å². The van der Waals surface area contributed by atoms with E-state index in [-0.39, 0.29) is 12.3 Å². The fourth-order valence-corrected chi connectivity index (χ4v) is 1.87. The Bertz CT molecular complexity index is 269. The van der Waals surface area contributed by atoms with Gasteiger partial charge in [-0.15, -0.1) is 11.8 Å². The number of thioether (sulfide) groups is 1. The number of hydrogen-bond donors (Lipinski definition) is 1. The highest BCUT2D eigenvalue weighted by atomic mass is 32.2. The van der Waals surface area contributed by atoms with Gasteiger partial charge in [-0.3, -0.25) is 14.9 Å². The summed E-state index contributed by atoms with van der Waals surface area (Å²) in [7, 11) is 0. The first-order chi connectivity index (χ1) is 6.82. The summed E-state index contributed by atoms with van der Waals surface area (Å²) in [6, 6.07) is 0. The van der Waals surface area contributed by atoms with Crippen LogP contribution in [0.25, 0.3) is 0 Å². The first kappa shape index (κ1) is 13.8. The van der Waals surface area contributed by atoms with Gasteiger partial charge < -0.3 is 5.73 Å². The Balaban J connectivity index is 4.56. The minimum absolute atomic E-state index is 0.0581. The lowest BCUT2D eigenvalue weighted by Crippen LogP contribution is -2.44. The maximum atomic E-state index is 10.7. The fourth-order valence-electron chi connectivity index (χ4n) is 0.848. The normalized spacial score (nSPS) is 13.2. The van der Waals surface area contributed by atoms with E-state index in [1.165, 1.54) is 13.8 Å². The van der Waals surface area contributed by atoms with Crippen LogP contribution in [0.2, 0.25) is 0 Å². The summed E-state index contributed by atoms with van der Waals surface area (Å²) < 4.78 is 0. The van der Waals surface area contributed by atoms with E-state index in [1.54, 1.807) is 0 Å². The second-order valence-electron chi connectivity index (χ2n) is 3.49. The van der Waals surface area contributed by atoms with Crippen molar-refractivity contribution in [1.82, 2.24) is 0 Å². The van der Waals surface area contributed by atoms with Crippen LogP contribution in [0, 0.1) is 15.0 Å². The third-order valence-corrected chi connectivity index (χ3v) is 3.51. The number of hydrogen-bond acceptors (Lipinski definition) is 6. The summed E-state index contributed by atoms with van der Waals surface area (Å²) in [6.45, 7) is 2.56. The summed E-state index contributed by atoms with van der Waals surface area (Å²) in [5.41, 5.74) is 3.61. The summed E-state index contributed by atoms with van der Waals surface area (Å²) >= 11 is 0.980. The number of nitroso groups, excluding NO2 is 1. The molecule has 0 aromatic carbocycles. The molecule has 0 saturated heterocycles. The highest BCUT2D eigenvalue weighted by Crippen LogP contribution is 2.26. The topological polar surface area (TPSA) is 116 Å². The number of primary amides is 1. The number of carbonyl (C=O) groups excluding carboxylic acids is 1. The zero-order chi connectivity index (χ0) is 12.1. The summed E-state index contributed by atoms with van der Waals surface area (Å²) in [5.74, 6) is -0.632. The summed E-state index contributed by atoms with van der Waals surface area (Å²) in [6.07, 6.45) is 0. The molecule has 0 aliphatic heterocycles. The minimum atomic E-state index is -1.31. The number of nitrogens with two attached hydrogens (primary N) is 1. The van der Waals surface area contributed by atoms with E-state index in [0.717, 1.165) is 11.8 Å². The summed E-state index contributed by atoms with van der Waals surface area (Å²) in [4.78, 5) is 30.9. The van der Waals surface area contributed by atoms with Crippen LogP contribution in [-0.2, 0) is 4.79 Å². The molecule has 8 heteroatoms. The Labute approximate surface area is 90.9 Å². The second kappa shape index (κ2) is 5.64. The number of nitrogens with zero attached hydrogens (tertiary/aromatic N) is 2. The van der Waals surface area contributed by atoms with E-state index >= 15 is 0 Å². The number of nitro groups is 1. The van der Waals surface area contributed by atoms with Crippen LogP contribution < -0.4 is 5.73 Å². The van der Waals surface area contributed by atoms with E-state index in [9.17, 15) is 19.8 Å². The monoisotopic (exact) mass is 235 g/mol. The Morgan fingerprint density at radius 1 is 1.67 bits per heavy atom. The third kappa shape index (κ3) is 4.24. The Hall–Kier alpha value is -1.18. The Kier molecular flexibility index (Phi) is 5.20. The van der Waals surface area contributed by atoms with Gasteiger partial charge >= 0.3 is 0 Å². The largest absolute Gasteiger partial charge is 0.369 e. The molecule has 0 spiro atoms. The fraction of sp³-hybridized carbons (Fsp3) is 0.857. The van der Waals surface area contributed by atoms with Crippen molar-refractivity contribution in [3.63, 3.8) is 0 Å². The molecule has 1 unspecified atom stereocenters. The van der Waals surface area contributed by atoms with Crippen LogP contribution in [0.3, 0.4) is 0 Å². The van der Waals surface area contributed by atoms with Gasteiger partial charge in [0.1, 0.15) is 0 Å². The standard InChI is InChI=1S/C7H13N3O4S/c1-7(2,10(13)14)5(3-9-12)15-4-6(8)11/h5H,3-4H2,1-2H3,(H2,8,11). The first-order valence-electron chi connectivity index (χ1n) is 4.16. The Morgan fingerprint density at radius 3 is 2.53 bits per heavy atom. The molecule has 0 aliphatic rings. The van der Waals surface area contributed by atoms with Gasteiger partial charge in [0.05, 0.1) is 17.5 Å². The maximum absolute atomic E-state index is 10.7. The van der Waals surface area contributed by atoms with Crippen molar-refractivity contribution in [3.05, 3.63) is 15.0 Å². The zero-order valence-corrected chi connectivity index (χ0v) is 9.32. The minimum Gasteiger partial charge on any atom is -0.369 e. The van der Waals surface area contributed by atoms with Crippen LogP contribution >= 0.6 is 11.8 Å². The molecule has 0 heterocycles. The molecule has 0 rings (SSSR count). The molecule has 15 heavy (non-hydrogen) atoms. The van der Waals surface area contributed by atoms with Crippen molar-refractivity contribution < 1.29 is 9.72 Å². The highest BCUT2D eigenvalue weighted by Gasteiger charge is 2.41. The predicted octanol–water partition coefficient (Wildman–Crippen LogP) is 0.395. The smallest absolute Gasteiger partial charge is 0.230 e. The lowest BCUT2D eigenvalue weighted by atomic mass is 10.0. The number of amides is 1. The summed E-state index contributed by atoms with van der Waals surface area (Å²) in [5, 5.41) is 12.7. The van der Waals surface area contributed by atoms with Crippen LogP contribution in [-0.4, -0.2) is 33.9 Å². The molecule has 86 valence electrons. The van der Waals surface area contributed by atoms with Gasteiger partial charge in [-0.1, -0.05) is 5.18 Å². The van der Waals surface area contributed by atoms with Crippen LogP contribution in [0.15, 0.2) is 5.18 Å². The Morgan fingerprint density at radius 2 is 2.20 bits per heavy atom. The van der Waals surface area contributed by atoms with Crippen LogP contribution in [0.1, 0.15) is 13.8 Å². The molecule has 2 N–H and O–H groups in total. The molecular formula is C7H13N3O4S. The van der Waals surface area contributed by atoms with Gasteiger partial charge in [0.2, 0.25) is 11.4 Å². The van der Waals surface area contributed by atoms with Gasteiger partial charge in [-0.2, -0.15) is 4.91 Å². The van der Waals surface area contributed by atoms with Gasteiger partial charge in [0, 0.05) is 18.8 Å². The van der Waals surface area contributed by atoms with Crippen molar-refractivity contribution in [1.29, 1.82) is 0 Å². The van der Waals surface area contributed by atoms with Crippen molar-refractivity contribution >= 4 is 17.7 Å². The molecule has 7 nitrogen and oxygen atoms in total. The van der Waals surface area contributed by atoms with Gasteiger partial charge in [0.15, 0.2) is 0 Å². The maximum Gasteiger partial charge on any atom is 0.230 e. The van der Waals surface area contributed by atoms with Crippen molar-refractivity contribution in [2.45, 2.75) is 24.6 Å². The molecule has 0 aromatic heterocycles. The van der Waals surface area contributed by atoms with Gasteiger partial charge in [-0.25, -0.2) is 0 Å². The van der Waals surface area contributed by atoms with E-state index in [4.69, 9.17) is 5.73 Å². The van der Waals surface area contributed by atoms with Crippen molar-refractivity contribution in [3.8, 4) is 0 Å². The molecule has 0 radical (unpaired) electrons. The highest BCUT2D eigenvalue weighted by molar-refractivity contribution is 8.00. The van der Waals surface area contributed by atoms with E-state index in [2.05, 4.69) is 5.18 Å². The second-order valence-corrected chi connectivity index (χ2v) is 4.68. The lowest BCUT2D eigenvalue weighted by molar-refractivity contribution is -0.559. The molecule has 0 bridgehead atoms. The van der Waals surface area contributed by atoms with Crippen LogP contribution in [0.4, 0.5) is 0 Å². The zero-order valence-electron chi connectivity index (χ0n) is 8.50. The first-order valence-corrected chi connectivity index (χ1v) is 5.20. The number of rotatable bonds is 7. The average Bonchev–Trinajstić information content (AvgIpc) is 2.11. The van der Waals surface area contributed by atoms with Crippen LogP contribution in [0.5, 0.6) is 0 Å². The lowest BCUT2D eigenvalue weighted by Gasteiger charge is -2.23. The predicted molar refractivity (Wildman–Crippen MR) is 57.2 cm³/mol. The quantitative estimate of drug-likeness (QED) is 0.389. The molecule has 0 aromatic rings. The third-order valence-electron chi connectivity index (χ3n) is 1.93. The molecule has 0 aliphatic carbocycles. The van der Waals surface area contributed by atoms with Gasteiger partial charge in [0.25, 0.3) is 0 Å². The van der Waals surface area contributed by atoms with Crippen molar-refractivity contribution in [2.24, 2.45) is 10.9 Å². The molecular weight excluding hydrogens is 222 g/mol. The number of carbonyl (C=O) groups is 1. The van der Waals surface area contributed by atoms with E-state index < -0.39 is 21.6 Å². The molecule has 1 atom stereocenters.